The zero-order valence-electron chi connectivity index (χ0n) is 16.4. The van der Waals surface area contributed by atoms with Crippen LogP contribution in [0.2, 0.25) is 0 Å². The summed E-state index contributed by atoms with van der Waals surface area (Å²) < 4.78 is 5.64. The van der Waals surface area contributed by atoms with Gasteiger partial charge in [-0.2, -0.15) is 0 Å². The van der Waals surface area contributed by atoms with Crippen molar-refractivity contribution >= 4 is 11.8 Å². The van der Waals surface area contributed by atoms with Gasteiger partial charge in [0.2, 0.25) is 5.91 Å². The Kier molecular flexibility index (Phi) is 7.06. The van der Waals surface area contributed by atoms with Gasteiger partial charge in [-0.25, -0.2) is 0 Å². The average molecular weight is 380 g/mol. The largest absolute Gasteiger partial charge is 0.494 e. The number of ether oxygens (including phenoxy) is 1. The van der Waals surface area contributed by atoms with Crippen molar-refractivity contribution in [2.24, 2.45) is 0 Å². The van der Waals surface area contributed by atoms with Crippen LogP contribution in [0.1, 0.15) is 47.7 Å². The molecule has 0 aromatic heterocycles. The lowest BCUT2D eigenvalue weighted by Gasteiger charge is -2.15. The van der Waals surface area contributed by atoms with Gasteiger partial charge in [0.15, 0.2) is 0 Å². The molecule has 0 saturated carbocycles. The van der Waals surface area contributed by atoms with Gasteiger partial charge in [-0.3, -0.25) is 9.59 Å². The molecular formula is C23H28N2O3. The molecule has 5 nitrogen and oxygen atoms in total. The summed E-state index contributed by atoms with van der Waals surface area (Å²) in [6.07, 6.45) is 3.30. The summed E-state index contributed by atoms with van der Waals surface area (Å²) in [7, 11) is 0. The molecule has 0 spiro atoms. The van der Waals surface area contributed by atoms with E-state index in [2.05, 4.69) is 11.4 Å². The number of para-hydroxylation sites is 1. The fourth-order valence-corrected chi connectivity index (χ4v) is 3.44. The lowest BCUT2D eigenvalue weighted by molar-refractivity contribution is -0.128. The second-order valence-corrected chi connectivity index (χ2v) is 7.02. The number of rotatable bonds is 9. The molecule has 1 N–H and O–H groups in total. The first-order valence-electron chi connectivity index (χ1n) is 10.0. The summed E-state index contributed by atoms with van der Waals surface area (Å²) in [4.78, 5) is 25.9. The Hall–Kier alpha value is -2.82. The highest BCUT2D eigenvalue weighted by atomic mass is 16.5. The van der Waals surface area contributed by atoms with Crippen molar-refractivity contribution in [1.82, 2.24) is 10.2 Å². The molecule has 2 aromatic carbocycles. The van der Waals surface area contributed by atoms with Crippen LogP contribution in [0.3, 0.4) is 0 Å². The molecule has 148 valence electrons. The zero-order valence-corrected chi connectivity index (χ0v) is 16.4. The predicted octanol–water partition coefficient (Wildman–Crippen LogP) is 3.57. The van der Waals surface area contributed by atoms with E-state index >= 15 is 0 Å². The van der Waals surface area contributed by atoms with Gasteiger partial charge in [-0.05, 0) is 55.5 Å². The van der Waals surface area contributed by atoms with Crippen LogP contribution in [0.5, 0.6) is 5.75 Å². The number of likely N-dealkylation sites (tertiary alicyclic amines) is 1. The number of carbonyl (C=O) groups excluding carboxylic acids is 2. The molecule has 1 aliphatic rings. The summed E-state index contributed by atoms with van der Waals surface area (Å²) in [5.41, 5.74) is 2.87. The third-order valence-electron chi connectivity index (χ3n) is 4.94. The highest BCUT2D eigenvalue weighted by Gasteiger charge is 2.19. The number of hydrogen-bond acceptors (Lipinski definition) is 3. The monoisotopic (exact) mass is 380 g/mol. The van der Waals surface area contributed by atoms with Crippen molar-refractivity contribution in [3.05, 3.63) is 65.2 Å². The number of nitrogens with zero attached hydrogens (tertiary/aromatic N) is 1. The summed E-state index contributed by atoms with van der Waals surface area (Å²) in [6.45, 7) is 4.69. The van der Waals surface area contributed by atoms with E-state index in [0.717, 1.165) is 37.1 Å². The van der Waals surface area contributed by atoms with Crippen LogP contribution in [0, 0.1) is 0 Å². The van der Waals surface area contributed by atoms with Crippen molar-refractivity contribution in [2.45, 2.75) is 39.2 Å². The molecule has 5 heteroatoms. The van der Waals surface area contributed by atoms with Gasteiger partial charge in [0.25, 0.3) is 5.91 Å². The second-order valence-electron chi connectivity index (χ2n) is 7.02. The SMILES string of the molecule is CCOc1ccccc1CCCNC(=O)c1ccc(CN2CCCC2=O)cc1. The van der Waals surface area contributed by atoms with Crippen LogP contribution in [0.25, 0.3) is 0 Å². The first-order valence-corrected chi connectivity index (χ1v) is 10.0. The molecule has 28 heavy (non-hydrogen) atoms. The lowest BCUT2D eigenvalue weighted by atomic mass is 10.1. The number of carbonyl (C=O) groups is 2. The maximum Gasteiger partial charge on any atom is 0.251 e. The van der Waals surface area contributed by atoms with E-state index in [-0.39, 0.29) is 11.8 Å². The first kappa shape index (κ1) is 19.9. The molecule has 1 aliphatic heterocycles. The highest BCUT2D eigenvalue weighted by Crippen LogP contribution is 2.19. The van der Waals surface area contributed by atoms with E-state index in [4.69, 9.17) is 4.74 Å². The van der Waals surface area contributed by atoms with Crippen molar-refractivity contribution in [1.29, 1.82) is 0 Å². The molecule has 1 fully saturated rings. The summed E-state index contributed by atoms with van der Waals surface area (Å²) >= 11 is 0. The van der Waals surface area contributed by atoms with E-state index in [1.165, 1.54) is 5.56 Å². The molecular weight excluding hydrogens is 352 g/mol. The predicted molar refractivity (Wildman–Crippen MR) is 109 cm³/mol. The molecule has 0 bridgehead atoms. The third kappa shape index (κ3) is 5.35. The van der Waals surface area contributed by atoms with E-state index in [1.54, 1.807) is 0 Å². The van der Waals surface area contributed by atoms with Crippen LogP contribution >= 0.6 is 0 Å². The second kappa shape index (κ2) is 9.93. The Morgan fingerprint density at radius 3 is 2.64 bits per heavy atom. The van der Waals surface area contributed by atoms with Gasteiger partial charge in [-0.1, -0.05) is 30.3 Å². The summed E-state index contributed by atoms with van der Waals surface area (Å²) in [6, 6.07) is 15.5. The minimum atomic E-state index is -0.0677. The topological polar surface area (TPSA) is 58.6 Å². The van der Waals surface area contributed by atoms with Crippen LogP contribution in [-0.2, 0) is 17.8 Å². The molecule has 1 saturated heterocycles. The van der Waals surface area contributed by atoms with Crippen molar-refractivity contribution in [3.8, 4) is 5.75 Å². The fraction of sp³-hybridized carbons (Fsp3) is 0.391. The van der Waals surface area contributed by atoms with E-state index < -0.39 is 0 Å². The number of benzene rings is 2. The number of amides is 2. The highest BCUT2D eigenvalue weighted by molar-refractivity contribution is 5.94. The number of hydrogen-bond donors (Lipinski definition) is 1. The number of aryl methyl sites for hydroxylation is 1. The standard InChI is InChI=1S/C23H28N2O3/c1-2-28-21-9-4-3-7-19(21)8-5-15-24-23(27)20-13-11-18(12-14-20)17-25-16-6-10-22(25)26/h3-4,7,9,11-14H,2,5-6,8,10,15-17H2,1H3,(H,24,27). The van der Waals surface area contributed by atoms with Crippen LogP contribution in [-0.4, -0.2) is 36.4 Å². The lowest BCUT2D eigenvalue weighted by Crippen LogP contribution is -2.25. The number of nitrogens with one attached hydrogen (secondary N) is 1. The van der Waals surface area contributed by atoms with E-state index in [1.807, 2.05) is 54.3 Å². The van der Waals surface area contributed by atoms with Gasteiger partial charge in [0.1, 0.15) is 5.75 Å². The summed E-state index contributed by atoms with van der Waals surface area (Å²) in [5.74, 6) is 1.07. The minimum Gasteiger partial charge on any atom is -0.494 e. The van der Waals surface area contributed by atoms with Crippen LogP contribution in [0.15, 0.2) is 48.5 Å². The smallest absolute Gasteiger partial charge is 0.251 e. The molecule has 0 atom stereocenters. The first-order chi connectivity index (χ1) is 13.7. The Bertz CT molecular complexity index is 802. The molecule has 0 unspecified atom stereocenters. The Labute approximate surface area is 166 Å². The maximum absolute atomic E-state index is 12.3. The van der Waals surface area contributed by atoms with Gasteiger partial charge in [-0.15, -0.1) is 0 Å². The molecule has 0 aliphatic carbocycles. The van der Waals surface area contributed by atoms with Crippen LogP contribution < -0.4 is 10.1 Å². The molecule has 3 rings (SSSR count). The molecule has 2 amide bonds. The van der Waals surface area contributed by atoms with Crippen molar-refractivity contribution in [2.75, 3.05) is 19.7 Å². The van der Waals surface area contributed by atoms with E-state index in [9.17, 15) is 9.59 Å². The Morgan fingerprint density at radius 1 is 1.14 bits per heavy atom. The van der Waals surface area contributed by atoms with Gasteiger partial charge < -0.3 is 15.0 Å². The average Bonchev–Trinajstić information content (AvgIpc) is 3.11. The molecule has 1 heterocycles. The Morgan fingerprint density at radius 2 is 1.93 bits per heavy atom. The minimum absolute atomic E-state index is 0.0677. The Balaban J connectivity index is 1.44. The summed E-state index contributed by atoms with van der Waals surface area (Å²) in [5, 5.41) is 2.98. The van der Waals surface area contributed by atoms with Gasteiger partial charge in [0, 0.05) is 31.6 Å². The maximum atomic E-state index is 12.3. The quantitative estimate of drug-likeness (QED) is 0.677. The van der Waals surface area contributed by atoms with E-state index in [0.29, 0.717) is 31.7 Å². The van der Waals surface area contributed by atoms with Gasteiger partial charge >= 0.3 is 0 Å². The zero-order chi connectivity index (χ0) is 19.8. The fourth-order valence-electron chi connectivity index (χ4n) is 3.44. The van der Waals surface area contributed by atoms with Crippen LogP contribution in [0.4, 0.5) is 0 Å². The van der Waals surface area contributed by atoms with Gasteiger partial charge in [0.05, 0.1) is 6.61 Å². The van der Waals surface area contributed by atoms with Crippen molar-refractivity contribution in [3.63, 3.8) is 0 Å². The normalized spacial score (nSPS) is 13.6. The third-order valence-corrected chi connectivity index (χ3v) is 4.94. The van der Waals surface area contributed by atoms with Crippen molar-refractivity contribution < 1.29 is 14.3 Å². The molecule has 0 radical (unpaired) electrons. The molecule has 2 aromatic rings.